The summed E-state index contributed by atoms with van der Waals surface area (Å²) in [7, 11) is 0. The normalized spacial score (nSPS) is 16.9. The van der Waals surface area contributed by atoms with E-state index in [0.717, 1.165) is 29.7 Å². The third-order valence-corrected chi connectivity index (χ3v) is 4.25. The number of nitrogens with one attached hydrogen (secondary N) is 1. The van der Waals surface area contributed by atoms with E-state index >= 15 is 0 Å². The van der Waals surface area contributed by atoms with Gasteiger partial charge in [0, 0.05) is 24.5 Å². The van der Waals surface area contributed by atoms with Crippen molar-refractivity contribution in [2.75, 3.05) is 16.8 Å². The van der Waals surface area contributed by atoms with Crippen molar-refractivity contribution in [2.45, 2.75) is 32.7 Å². The Bertz CT molecular complexity index is 644. The highest BCUT2D eigenvalue weighted by molar-refractivity contribution is 9.10. The van der Waals surface area contributed by atoms with Crippen molar-refractivity contribution in [3.63, 3.8) is 0 Å². The fourth-order valence-electron chi connectivity index (χ4n) is 2.74. The van der Waals surface area contributed by atoms with E-state index in [-0.39, 0.29) is 0 Å². The van der Waals surface area contributed by atoms with Crippen LogP contribution in [0.2, 0.25) is 0 Å². The van der Waals surface area contributed by atoms with E-state index < -0.39 is 0 Å². The minimum atomic E-state index is 0.396. The van der Waals surface area contributed by atoms with Crippen LogP contribution in [-0.2, 0) is 6.42 Å². The molecule has 1 N–H and O–H groups in total. The van der Waals surface area contributed by atoms with E-state index in [0.29, 0.717) is 12.0 Å². The van der Waals surface area contributed by atoms with Gasteiger partial charge in [-0.15, -0.1) is 0 Å². The highest BCUT2D eigenvalue weighted by atomic mass is 79.9. The highest BCUT2D eigenvalue weighted by Gasteiger charge is 2.29. The van der Waals surface area contributed by atoms with E-state index in [9.17, 15) is 0 Å². The number of aromatic nitrogens is 2. The lowest BCUT2D eigenvalue weighted by molar-refractivity contribution is 0.747. The number of halogens is 1. The van der Waals surface area contributed by atoms with Crippen molar-refractivity contribution in [3.05, 3.63) is 40.5 Å². The van der Waals surface area contributed by atoms with Crippen molar-refractivity contribution in [1.82, 2.24) is 9.97 Å². The quantitative estimate of drug-likeness (QED) is 0.902. The van der Waals surface area contributed by atoms with Crippen LogP contribution in [0.15, 0.2) is 34.9 Å². The second-order valence-corrected chi connectivity index (χ2v) is 6.20. The first-order valence-corrected chi connectivity index (χ1v) is 8.13. The number of nitrogens with zero attached hydrogens (tertiary/aromatic N) is 3. The molecule has 3 rings (SSSR count). The fourth-order valence-corrected chi connectivity index (χ4v) is 3.12. The summed E-state index contributed by atoms with van der Waals surface area (Å²) in [6, 6.07) is 8.92. The Balaban J connectivity index is 1.99. The molecule has 110 valence electrons. The molecule has 0 fully saturated rings. The topological polar surface area (TPSA) is 41.1 Å². The van der Waals surface area contributed by atoms with Crippen molar-refractivity contribution >= 4 is 33.4 Å². The Hall–Kier alpha value is -1.62. The molecule has 1 aromatic heterocycles. The SMILES string of the molecule is CCCNc1ncc(Br)c(N2c3ccccc3CC2C)n1. The Kier molecular flexibility index (Phi) is 4.10. The number of anilines is 3. The van der Waals surface area contributed by atoms with E-state index in [2.05, 4.69) is 69.2 Å². The second-order valence-electron chi connectivity index (χ2n) is 5.34. The van der Waals surface area contributed by atoms with E-state index in [1.54, 1.807) is 0 Å². The summed E-state index contributed by atoms with van der Waals surface area (Å²) >= 11 is 3.59. The third-order valence-electron chi connectivity index (χ3n) is 3.69. The molecule has 1 aliphatic heterocycles. The first-order chi connectivity index (χ1) is 10.2. The molecule has 1 unspecified atom stereocenters. The van der Waals surface area contributed by atoms with Gasteiger partial charge in [0.1, 0.15) is 0 Å². The first-order valence-electron chi connectivity index (χ1n) is 7.34. The molecule has 0 spiro atoms. The van der Waals surface area contributed by atoms with Gasteiger partial charge in [-0.1, -0.05) is 25.1 Å². The highest BCUT2D eigenvalue weighted by Crippen LogP contribution is 2.40. The van der Waals surface area contributed by atoms with E-state index in [1.165, 1.54) is 11.3 Å². The van der Waals surface area contributed by atoms with Crippen LogP contribution in [0.4, 0.5) is 17.5 Å². The van der Waals surface area contributed by atoms with Crippen LogP contribution in [0.5, 0.6) is 0 Å². The van der Waals surface area contributed by atoms with Crippen molar-refractivity contribution in [1.29, 1.82) is 0 Å². The van der Waals surface area contributed by atoms with Gasteiger partial charge in [-0.25, -0.2) is 4.98 Å². The summed E-state index contributed by atoms with van der Waals surface area (Å²) < 4.78 is 0.924. The fraction of sp³-hybridized carbons (Fsp3) is 0.375. The predicted molar refractivity (Wildman–Crippen MR) is 90.3 cm³/mol. The zero-order chi connectivity index (χ0) is 14.8. The molecule has 0 saturated carbocycles. The molecule has 0 amide bonds. The van der Waals surface area contributed by atoms with Crippen LogP contribution in [0, 0.1) is 0 Å². The molecule has 1 aromatic carbocycles. The number of rotatable bonds is 4. The lowest BCUT2D eigenvalue weighted by atomic mass is 10.1. The Morgan fingerprint density at radius 2 is 2.19 bits per heavy atom. The summed E-state index contributed by atoms with van der Waals surface area (Å²) in [5.41, 5.74) is 2.62. The molecular weight excluding hydrogens is 328 g/mol. The molecule has 0 saturated heterocycles. The molecule has 0 bridgehead atoms. The molecule has 1 aliphatic rings. The number of hydrogen-bond donors (Lipinski definition) is 1. The van der Waals surface area contributed by atoms with Crippen LogP contribution in [0.1, 0.15) is 25.8 Å². The van der Waals surface area contributed by atoms with Crippen molar-refractivity contribution in [3.8, 4) is 0 Å². The van der Waals surface area contributed by atoms with Crippen LogP contribution in [0.3, 0.4) is 0 Å². The van der Waals surface area contributed by atoms with Crippen LogP contribution >= 0.6 is 15.9 Å². The van der Waals surface area contributed by atoms with Crippen LogP contribution in [-0.4, -0.2) is 22.6 Å². The minimum Gasteiger partial charge on any atom is -0.354 e. The van der Waals surface area contributed by atoms with Gasteiger partial charge in [0.2, 0.25) is 5.95 Å². The monoisotopic (exact) mass is 346 g/mol. The minimum absolute atomic E-state index is 0.396. The number of benzene rings is 1. The van der Waals surface area contributed by atoms with Gasteiger partial charge in [-0.3, -0.25) is 0 Å². The maximum Gasteiger partial charge on any atom is 0.224 e. The summed E-state index contributed by atoms with van der Waals surface area (Å²) in [4.78, 5) is 11.3. The molecule has 5 heteroatoms. The van der Waals surface area contributed by atoms with Gasteiger partial charge in [0.05, 0.1) is 4.47 Å². The lowest BCUT2D eigenvalue weighted by Crippen LogP contribution is -2.25. The van der Waals surface area contributed by atoms with Gasteiger partial charge in [-0.2, -0.15) is 4.98 Å². The molecule has 2 heterocycles. The van der Waals surface area contributed by atoms with Crippen molar-refractivity contribution in [2.24, 2.45) is 0 Å². The molecule has 21 heavy (non-hydrogen) atoms. The Morgan fingerprint density at radius 1 is 1.38 bits per heavy atom. The van der Waals surface area contributed by atoms with Crippen LogP contribution < -0.4 is 10.2 Å². The smallest absolute Gasteiger partial charge is 0.224 e. The summed E-state index contributed by atoms with van der Waals surface area (Å²) in [6.07, 6.45) is 3.93. The average Bonchev–Trinajstić information content (AvgIpc) is 2.82. The molecule has 0 aliphatic carbocycles. The Labute approximate surface area is 133 Å². The number of para-hydroxylation sites is 1. The zero-order valence-corrected chi connectivity index (χ0v) is 13.9. The first kappa shape index (κ1) is 14.3. The largest absolute Gasteiger partial charge is 0.354 e. The third kappa shape index (κ3) is 2.75. The molecule has 2 aromatic rings. The maximum absolute atomic E-state index is 4.70. The lowest BCUT2D eigenvalue weighted by Gasteiger charge is -2.25. The molecule has 1 atom stereocenters. The number of hydrogen-bond acceptors (Lipinski definition) is 4. The standard InChI is InChI=1S/C16H19BrN4/c1-3-8-18-16-19-10-13(17)15(20-16)21-11(2)9-12-6-4-5-7-14(12)21/h4-7,10-11H,3,8-9H2,1-2H3,(H,18,19,20). The molecule has 0 radical (unpaired) electrons. The molecule has 4 nitrogen and oxygen atoms in total. The van der Waals surface area contributed by atoms with Crippen LogP contribution in [0.25, 0.3) is 0 Å². The van der Waals surface area contributed by atoms with E-state index in [4.69, 9.17) is 4.98 Å². The van der Waals surface area contributed by atoms with E-state index in [1.807, 2.05) is 6.20 Å². The predicted octanol–water partition coefficient (Wildman–Crippen LogP) is 4.14. The Morgan fingerprint density at radius 3 is 3.00 bits per heavy atom. The summed E-state index contributed by atoms with van der Waals surface area (Å²) in [5, 5.41) is 3.25. The van der Waals surface area contributed by atoms with Gasteiger partial charge in [-0.05, 0) is 47.3 Å². The number of fused-ring (bicyclic) bond motifs is 1. The summed E-state index contributed by atoms with van der Waals surface area (Å²) in [5.74, 6) is 1.62. The molecular formula is C16H19BrN4. The maximum atomic E-state index is 4.70. The average molecular weight is 347 g/mol. The zero-order valence-electron chi connectivity index (χ0n) is 12.3. The second kappa shape index (κ2) is 6.02. The van der Waals surface area contributed by atoms with Gasteiger partial charge in [0.15, 0.2) is 5.82 Å². The van der Waals surface area contributed by atoms with Gasteiger partial charge in [0.25, 0.3) is 0 Å². The summed E-state index contributed by atoms with van der Waals surface area (Å²) in [6.45, 7) is 5.24. The van der Waals surface area contributed by atoms with Crippen molar-refractivity contribution < 1.29 is 0 Å². The van der Waals surface area contributed by atoms with Gasteiger partial charge >= 0.3 is 0 Å². The van der Waals surface area contributed by atoms with Gasteiger partial charge < -0.3 is 10.2 Å².